The molecule has 4 rings (SSSR count). The predicted octanol–water partition coefficient (Wildman–Crippen LogP) is 2.63. The van der Waals surface area contributed by atoms with E-state index in [0.717, 1.165) is 17.5 Å². The summed E-state index contributed by atoms with van der Waals surface area (Å²) in [5, 5.41) is 30.6. The van der Waals surface area contributed by atoms with E-state index >= 15 is 0 Å². The van der Waals surface area contributed by atoms with Crippen LogP contribution in [-0.2, 0) is 20.7 Å². The first-order valence-electron chi connectivity index (χ1n) is 10.9. The van der Waals surface area contributed by atoms with Crippen LogP contribution in [0.1, 0.15) is 60.0 Å². The first kappa shape index (κ1) is 21.7. The van der Waals surface area contributed by atoms with Gasteiger partial charge in [-0.25, -0.2) is 0 Å². The maximum absolute atomic E-state index is 12.9. The summed E-state index contributed by atoms with van der Waals surface area (Å²) in [4.78, 5) is 37.2. The highest BCUT2D eigenvalue weighted by atomic mass is 16.5. The fourth-order valence-corrected chi connectivity index (χ4v) is 5.56. The monoisotopic (exact) mass is 428 g/mol. The Kier molecular flexibility index (Phi) is 5.99. The van der Waals surface area contributed by atoms with Crippen molar-refractivity contribution in [2.24, 2.45) is 17.8 Å². The van der Waals surface area contributed by atoms with E-state index in [9.17, 15) is 29.7 Å². The number of phenolic OH excluding ortho intramolecular Hbond substituents is 1. The van der Waals surface area contributed by atoms with Gasteiger partial charge in [-0.1, -0.05) is 6.07 Å². The molecule has 2 aliphatic carbocycles. The fraction of sp³-hybridized carbons (Fsp3) is 0.542. The molecule has 0 amide bonds. The molecule has 1 saturated heterocycles. The molecule has 7 heteroatoms. The van der Waals surface area contributed by atoms with Crippen LogP contribution in [0.2, 0.25) is 0 Å². The maximum Gasteiger partial charge on any atom is 0.170 e. The van der Waals surface area contributed by atoms with Gasteiger partial charge in [0.2, 0.25) is 0 Å². The Morgan fingerprint density at radius 2 is 1.90 bits per heavy atom. The lowest BCUT2D eigenvalue weighted by atomic mass is 9.69. The second-order valence-electron chi connectivity index (χ2n) is 9.01. The molecule has 3 aliphatic rings. The van der Waals surface area contributed by atoms with Crippen molar-refractivity contribution >= 4 is 17.3 Å². The Labute approximate surface area is 180 Å². The second-order valence-corrected chi connectivity index (χ2v) is 9.01. The number of carbonyl (C=O) groups excluding carboxylic acids is 3. The number of hydrogen-bond acceptors (Lipinski definition) is 7. The topological polar surface area (TPSA) is 121 Å². The zero-order chi connectivity index (χ0) is 22.3. The number of ether oxygens (including phenoxy) is 1. The summed E-state index contributed by atoms with van der Waals surface area (Å²) in [6, 6.07) is 3.45. The van der Waals surface area contributed by atoms with Gasteiger partial charge >= 0.3 is 0 Å². The van der Waals surface area contributed by atoms with Crippen LogP contribution in [-0.4, -0.2) is 52.5 Å². The van der Waals surface area contributed by atoms with Gasteiger partial charge < -0.3 is 20.1 Å². The summed E-state index contributed by atoms with van der Waals surface area (Å²) in [6.45, 7) is 2.12. The molecule has 4 atom stereocenters. The molecule has 0 radical (unpaired) electrons. The third-order valence-corrected chi connectivity index (χ3v) is 7.03. The average Bonchev–Trinajstić information content (AvgIpc) is 3.22. The van der Waals surface area contributed by atoms with Gasteiger partial charge in [0.25, 0.3) is 0 Å². The van der Waals surface area contributed by atoms with Gasteiger partial charge in [-0.15, -0.1) is 0 Å². The van der Waals surface area contributed by atoms with E-state index < -0.39 is 17.5 Å². The van der Waals surface area contributed by atoms with E-state index in [2.05, 4.69) is 0 Å². The summed E-state index contributed by atoms with van der Waals surface area (Å²) in [5.41, 5.74) is 2.06. The molecule has 1 aromatic carbocycles. The quantitative estimate of drug-likeness (QED) is 0.617. The molecule has 1 aromatic rings. The lowest BCUT2D eigenvalue weighted by Crippen LogP contribution is -2.35. The first-order valence-corrected chi connectivity index (χ1v) is 10.9. The minimum absolute atomic E-state index is 0.00567. The summed E-state index contributed by atoms with van der Waals surface area (Å²) in [6.07, 6.45) is 2.21. The summed E-state index contributed by atoms with van der Waals surface area (Å²) in [5.74, 6) is -2.32. The van der Waals surface area contributed by atoms with Gasteiger partial charge in [0, 0.05) is 31.3 Å². The number of benzene rings is 1. The van der Waals surface area contributed by atoms with Gasteiger partial charge in [-0.2, -0.15) is 0 Å². The molecule has 1 aliphatic heterocycles. The van der Waals surface area contributed by atoms with E-state index in [4.69, 9.17) is 4.74 Å². The molecule has 1 fully saturated rings. The number of phenols is 1. The second kappa shape index (κ2) is 8.55. The largest absolute Gasteiger partial charge is 0.511 e. The third kappa shape index (κ3) is 3.92. The molecule has 0 spiro atoms. The van der Waals surface area contributed by atoms with Gasteiger partial charge in [-0.3, -0.25) is 14.4 Å². The van der Waals surface area contributed by atoms with Crippen LogP contribution in [0.25, 0.3) is 0 Å². The van der Waals surface area contributed by atoms with E-state index in [-0.39, 0.29) is 60.1 Å². The normalized spacial score (nSPS) is 28.7. The van der Waals surface area contributed by atoms with E-state index in [1.165, 1.54) is 6.92 Å². The number of hydrogen-bond donors (Lipinski definition) is 3. The molecule has 0 saturated carbocycles. The van der Waals surface area contributed by atoms with Crippen molar-refractivity contribution in [1.82, 2.24) is 0 Å². The number of fused-ring (bicyclic) bond motifs is 1. The number of allylic oxidation sites excluding steroid dienone is 1. The van der Waals surface area contributed by atoms with Crippen molar-refractivity contribution in [3.8, 4) is 5.75 Å². The Bertz CT molecular complexity index is 955. The highest BCUT2D eigenvalue weighted by molar-refractivity contribution is 6.20. The van der Waals surface area contributed by atoms with E-state index in [0.29, 0.717) is 31.6 Å². The standard InChI is InChI=1S/C24H28O7/c1-12(26)22-21(29)9-15(18(10-25)24(22)30)6-13-7-17-16(14-4-5-31-11-14)2-3-19(27)23(17)20(28)8-13/h2-3,13-15,18,25,27,30H,4-11H2,1H3. The molecule has 0 bridgehead atoms. The first-order chi connectivity index (χ1) is 14.8. The van der Waals surface area contributed by atoms with Crippen molar-refractivity contribution in [1.29, 1.82) is 0 Å². The average molecular weight is 428 g/mol. The van der Waals surface area contributed by atoms with Crippen LogP contribution in [0, 0.1) is 17.8 Å². The van der Waals surface area contributed by atoms with Gasteiger partial charge in [0.05, 0.1) is 24.4 Å². The Morgan fingerprint density at radius 3 is 2.55 bits per heavy atom. The van der Waals surface area contributed by atoms with Gasteiger partial charge in [0.15, 0.2) is 17.3 Å². The van der Waals surface area contributed by atoms with Crippen molar-refractivity contribution < 1.29 is 34.4 Å². The predicted molar refractivity (Wildman–Crippen MR) is 111 cm³/mol. The maximum atomic E-state index is 12.9. The van der Waals surface area contributed by atoms with Gasteiger partial charge in [0.1, 0.15) is 11.5 Å². The van der Waals surface area contributed by atoms with Crippen molar-refractivity contribution in [2.45, 2.75) is 44.9 Å². The van der Waals surface area contributed by atoms with Crippen molar-refractivity contribution in [3.05, 3.63) is 40.2 Å². The number of Topliss-reactive ketones (excluding diaryl/α,β-unsaturated/α-hetero) is 3. The fourth-order valence-electron chi connectivity index (χ4n) is 5.56. The minimum Gasteiger partial charge on any atom is -0.511 e. The number of aliphatic hydroxyl groups excluding tert-OH is 2. The molecule has 7 nitrogen and oxygen atoms in total. The van der Waals surface area contributed by atoms with Crippen LogP contribution >= 0.6 is 0 Å². The van der Waals surface area contributed by atoms with E-state index in [1.54, 1.807) is 6.07 Å². The zero-order valence-electron chi connectivity index (χ0n) is 17.6. The van der Waals surface area contributed by atoms with Crippen molar-refractivity contribution in [2.75, 3.05) is 19.8 Å². The summed E-state index contributed by atoms with van der Waals surface area (Å²) >= 11 is 0. The number of aliphatic hydroxyl groups is 2. The van der Waals surface area contributed by atoms with Crippen LogP contribution < -0.4 is 0 Å². The molecule has 3 N–H and O–H groups in total. The van der Waals surface area contributed by atoms with Crippen LogP contribution in [0.15, 0.2) is 23.5 Å². The molecule has 0 aromatic heterocycles. The van der Waals surface area contributed by atoms with Crippen LogP contribution in [0.3, 0.4) is 0 Å². The van der Waals surface area contributed by atoms with Crippen molar-refractivity contribution in [3.63, 3.8) is 0 Å². The van der Waals surface area contributed by atoms with Gasteiger partial charge in [-0.05, 0) is 55.2 Å². The highest BCUT2D eigenvalue weighted by Crippen LogP contribution is 2.43. The molecular weight excluding hydrogens is 400 g/mol. The highest BCUT2D eigenvalue weighted by Gasteiger charge is 2.40. The Hall–Kier alpha value is -2.51. The lowest BCUT2D eigenvalue weighted by Gasteiger charge is -2.35. The van der Waals surface area contributed by atoms with Crippen LogP contribution in [0.4, 0.5) is 0 Å². The smallest absolute Gasteiger partial charge is 0.170 e. The van der Waals surface area contributed by atoms with E-state index in [1.807, 2.05) is 6.07 Å². The molecule has 31 heavy (non-hydrogen) atoms. The summed E-state index contributed by atoms with van der Waals surface area (Å²) < 4.78 is 5.52. The molecule has 1 heterocycles. The minimum atomic E-state index is -0.694. The number of aromatic hydroxyl groups is 1. The van der Waals surface area contributed by atoms with Crippen LogP contribution in [0.5, 0.6) is 5.75 Å². The Morgan fingerprint density at radius 1 is 1.13 bits per heavy atom. The number of carbonyl (C=O) groups is 3. The SMILES string of the molecule is CC(=O)C1=C(O)C(CO)C(CC2CC(=O)c3c(O)ccc(C4CCOC4)c3C2)CC1=O. The molecular formula is C24H28O7. The lowest BCUT2D eigenvalue weighted by molar-refractivity contribution is -0.123. The third-order valence-electron chi connectivity index (χ3n) is 7.03. The summed E-state index contributed by atoms with van der Waals surface area (Å²) in [7, 11) is 0. The zero-order valence-corrected chi connectivity index (χ0v) is 17.6. The molecule has 166 valence electrons. The number of rotatable bonds is 5. The number of ketones is 3. The molecule has 4 unspecified atom stereocenters. The Balaban J connectivity index is 1.61.